The second-order valence-corrected chi connectivity index (χ2v) is 28.2. The Bertz CT molecular complexity index is 4690. The summed E-state index contributed by atoms with van der Waals surface area (Å²) in [6.45, 7) is 9.48. The lowest BCUT2D eigenvalue weighted by Crippen LogP contribution is -2.08. The number of carbonyl (C=O) groups excluding carboxylic acids is 2. The zero-order valence-corrected chi connectivity index (χ0v) is 57.0. The predicted octanol–water partition coefficient (Wildman–Crippen LogP) is 12.8. The van der Waals surface area contributed by atoms with Crippen molar-refractivity contribution < 1.29 is 83.9 Å². The van der Waals surface area contributed by atoms with E-state index in [-0.39, 0.29) is 117 Å². The van der Waals surface area contributed by atoms with Crippen LogP contribution in [-0.2, 0) is 60.7 Å². The fourth-order valence-electron chi connectivity index (χ4n) is 7.64. The maximum atomic E-state index is 12.8. The molecule has 0 saturated heterocycles. The van der Waals surface area contributed by atoms with Crippen molar-refractivity contribution in [1.82, 2.24) is 9.38 Å². The Morgan fingerprint density at radius 2 is 1.10 bits per heavy atom. The molecule has 40 heteroatoms. The summed E-state index contributed by atoms with van der Waals surface area (Å²) in [5, 5.41) is 63.1. The Morgan fingerprint density at radius 3 is 1.57 bits per heavy atom. The summed E-state index contributed by atoms with van der Waals surface area (Å²) >= 11 is 8.27. The topological polar surface area (TPSA) is 496 Å². The van der Waals surface area contributed by atoms with E-state index in [1.165, 1.54) is 48.6 Å². The van der Waals surface area contributed by atoms with Crippen LogP contribution in [0.15, 0.2) is 136 Å². The third-order valence-corrected chi connectivity index (χ3v) is 16.3. The number of hydrogen-bond donors (Lipinski definition) is 7. The van der Waals surface area contributed by atoms with E-state index >= 15 is 0 Å². The van der Waals surface area contributed by atoms with E-state index in [0.29, 0.717) is 43.4 Å². The lowest BCUT2D eigenvalue weighted by atomic mass is 10.1. The first kappa shape index (κ1) is 78.2. The highest BCUT2D eigenvalue weighted by molar-refractivity contribution is 7.99. The zero-order chi connectivity index (χ0) is 70.3. The number of aryl methyl sites for hydroxylation is 1. The van der Waals surface area contributed by atoms with Crippen LogP contribution in [0, 0.1) is 25.2 Å². The minimum Gasteiger partial charge on any atom is -0.493 e. The Balaban J connectivity index is 0.00000159. The van der Waals surface area contributed by atoms with Gasteiger partial charge in [-0.25, -0.2) is 4.98 Å². The molecule has 0 radical (unpaired) electrons. The molecular formula is C54H60ClN13O19S7. The van der Waals surface area contributed by atoms with Gasteiger partial charge < -0.3 is 20.5 Å². The van der Waals surface area contributed by atoms with Crippen molar-refractivity contribution in [2.24, 2.45) is 40.9 Å². The number of amides is 2. The molecule has 0 aliphatic rings. The number of para-hydroxylation sites is 2. The summed E-state index contributed by atoms with van der Waals surface area (Å²) < 4.78 is 157. The van der Waals surface area contributed by atoms with Gasteiger partial charge in [0.2, 0.25) is 17.7 Å². The molecule has 2 heterocycles. The number of nitrogens with one attached hydrogen (secondary N) is 2. The molecule has 0 aliphatic heterocycles. The van der Waals surface area contributed by atoms with Crippen molar-refractivity contribution >= 4 is 172 Å². The predicted molar refractivity (Wildman–Crippen MR) is 353 cm³/mol. The Morgan fingerprint density at radius 1 is 0.649 bits per heavy atom. The highest BCUT2D eigenvalue weighted by Crippen LogP contribution is 2.45. The van der Waals surface area contributed by atoms with E-state index in [1.54, 1.807) is 68.4 Å². The van der Waals surface area contributed by atoms with Crippen molar-refractivity contribution in [3.63, 3.8) is 0 Å². The molecule has 0 bridgehead atoms. The van der Waals surface area contributed by atoms with Crippen LogP contribution in [0.25, 0.3) is 16.7 Å². The van der Waals surface area contributed by atoms with Crippen LogP contribution in [0.1, 0.15) is 63.6 Å². The number of hydrogen-bond acceptors (Lipinski definition) is 27. The number of thioether (sulfide) groups is 2. The molecule has 94 heavy (non-hydrogen) atoms. The standard InChI is InChI=1S/C51H50ClN13O13S5.C2H6.CH4O3S.O3S/c1-29-22-42(61-64-49-30(2)35(28-53)50-56-36-10-5-6-11-45(36)65(50)51(49)68)46(78-16-7-19-81(69,70)71)25-37(29)58-62-43-24-39(55-32(4)67)41(27-48(43)80-18-9-21-83(75,76)77)60-63-44-23-38(54-31(3)66)40(59-57-34-14-12-33(52)13-15-34)26-47(44)79-17-8-20-82(72,73)74;1-2;1-5(2,3)4;1-4(2)3/h5-6,10-15,22-27,68H,7-9,16-21H2,1-4H3,(H,54,66)(H,55,67)(H,69,70,71)(H,72,73,74)(H,75,76,77);1-2H3;1H3,(H,2,3,4);. The molecule has 32 nitrogen and oxygen atoms in total. The number of carbonyl (C=O) groups is 2. The van der Waals surface area contributed by atoms with E-state index in [0.717, 1.165) is 23.5 Å². The van der Waals surface area contributed by atoms with Crippen molar-refractivity contribution in [3.05, 3.63) is 107 Å². The lowest BCUT2D eigenvalue weighted by molar-refractivity contribution is -0.115. The van der Waals surface area contributed by atoms with Crippen molar-refractivity contribution in [2.75, 3.05) is 52.3 Å². The molecule has 0 unspecified atom stereocenters. The van der Waals surface area contributed by atoms with E-state index < -0.39 is 80.2 Å². The third-order valence-electron chi connectivity index (χ3n) is 11.4. The minimum atomic E-state index is -4.36. The number of nitrogens with zero attached hydrogens (tertiary/aromatic N) is 11. The number of ether oxygens (including phenoxy) is 1. The lowest BCUT2D eigenvalue weighted by Gasteiger charge is -2.13. The van der Waals surface area contributed by atoms with E-state index in [9.17, 15) is 67.3 Å². The highest BCUT2D eigenvalue weighted by atomic mass is 35.5. The highest BCUT2D eigenvalue weighted by Gasteiger charge is 2.22. The number of benzene rings is 5. The largest absolute Gasteiger partial charge is 0.493 e. The monoisotopic (exact) mass is 1450 g/mol. The smallest absolute Gasteiger partial charge is 0.425 e. The third kappa shape index (κ3) is 26.6. The van der Waals surface area contributed by atoms with Crippen LogP contribution in [0.5, 0.6) is 11.6 Å². The SMILES string of the molecule is CC.CC(=O)Nc1cc(N=Nc2cc(SCCCS(=O)(=O)O)c(N=Nc3cc(OCCCS(=O)(=O)O)c(N=Nc4c(C)c(C#N)c5nc6ccccc6n5c4O)cc3C)cc2NC(C)=O)c(SCCCS(=O)(=O)O)cc1N=Nc1ccc(Cl)cc1.CS(=O)(=O)O.O=S(=O)=O. The number of azo groups is 4. The molecule has 0 saturated carbocycles. The number of anilines is 2. The first-order valence-corrected chi connectivity index (χ1v) is 37.0. The van der Waals surface area contributed by atoms with Crippen LogP contribution in [0.3, 0.4) is 0 Å². The minimum absolute atomic E-state index is 0.000213. The van der Waals surface area contributed by atoms with Gasteiger partial charge in [0.1, 0.15) is 45.8 Å². The van der Waals surface area contributed by atoms with Gasteiger partial charge in [-0.3, -0.25) is 32.2 Å². The molecule has 504 valence electrons. The molecule has 0 atom stereocenters. The number of fused-ring (bicyclic) bond motifs is 3. The summed E-state index contributed by atoms with van der Waals surface area (Å²) in [5.74, 6) is -2.87. The molecule has 7 N–H and O–H groups in total. The second-order valence-electron chi connectivity index (χ2n) is 18.9. The van der Waals surface area contributed by atoms with Gasteiger partial charge in [-0.15, -0.1) is 66.8 Å². The van der Waals surface area contributed by atoms with Crippen molar-refractivity contribution in [3.8, 4) is 17.7 Å². The van der Waals surface area contributed by atoms with Gasteiger partial charge in [0.15, 0.2) is 11.3 Å². The van der Waals surface area contributed by atoms with Crippen LogP contribution in [-0.4, -0.2) is 132 Å². The summed E-state index contributed by atoms with van der Waals surface area (Å²) in [5.41, 5.74) is 3.33. The van der Waals surface area contributed by atoms with Crippen molar-refractivity contribution in [1.29, 1.82) is 5.26 Å². The number of rotatable bonds is 25. The summed E-state index contributed by atoms with van der Waals surface area (Å²) in [6.07, 6.45) is 0.563. The first-order valence-electron chi connectivity index (χ1n) is 26.9. The fraction of sp³-hybridized carbons (Fsp3) is 0.296. The number of imidazole rings is 1. The molecule has 0 spiro atoms. The number of pyridine rings is 1. The molecule has 0 fully saturated rings. The maximum Gasteiger partial charge on any atom is 0.425 e. The van der Waals surface area contributed by atoms with Crippen molar-refractivity contribution in [2.45, 2.75) is 70.6 Å². The van der Waals surface area contributed by atoms with Gasteiger partial charge in [0.05, 0.1) is 63.9 Å². The fourth-order valence-corrected chi connectivity index (χ4v) is 11.5. The van der Waals surface area contributed by atoms with E-state index in [1.807, 2.05) is 13.8 Å². The molecule has 7 aromatic rings. The average molecular weight is 1460 g/mol. The summed E-state index contributed by atoms with van der Waals surface area (Å²) in [7, 11) is -19.8. The molecule has 2 amide bonds. The normalized spacial score (nSPS) is 11.9. The average Bonchev–Trinajstić information content (AvgIpc) is 1.57. The quantitative estimate of drug-likeness (QED) is 0.0121. The van der Waals surface area contributed by atoms with Gasteiger partial charge >= 0.3 is 10.6 Å². The number of aromatic nitrogens is 2. The van der Waals surface area contributed by atoms with Gasteiger partial charge in [0.25, 0.3) is 40.5 Å². The first-order chi connectivity index (χ1) is 44.0. The Kier molecular flexibility index (Phi) is 29.8. The zero-order valence-electron chi connectivity index (χ0n) is 50.6. The maximum absolute atomic E-state index is 12.8. The van der Waals surface area contributed by atoms with Crippen LogP contribution in [0.4, 0.5) is 56.9 Å². The Hall–Kier alpha value is -8.27. The number of aromatic hydroxyl groups is 1. The van der Waals surface area contributed by atoms with Crippen LogP contribution >= 0.6 is 35.1 Å². The van der Waals surface area contributed by atoms with Gasteiger partial charge in [-0.2, -0.15) is 49.2 Å². The second kappa shape index (κ2) is 35.8. The van der Waals surface area contributed by atoms with Crippen LogP contribution in [0.2, 0.25) is 5.02 Å². The molecule has 7 rings (SSSR count). The molecular weight excluding hydrogens is 1390 g/mol. The van der Waals surface area contributed by atoms with Gasteiger partial charge in [-0.1, -0.05) is 37.6 Å². The number of nitriles is 1. The Labute approximate surface area is 554 Å². The van der Waals surface area contributed by atoms with E-state index in [2.05, 4.69) is 62.6 Å². The summed E-state index contributed by atoms with van der Waals surface area (Å²) in [6, 6.07) is 24.4. The molecule has 5 aromatic carbocycles. The molecule has 0 aliphatic carbocycles. The molecule has 2 aromatic heterocycles. The van der Waals surface area contributed by atoms with Gasteiger partial charge in [0, 0.05) is 40.3 Å². The van der Waals surface area contributed by atoms with Crippen LogP contribution < -0.4 is 15.4 Å². The number of halogens is 1. The van der Waals surface area contributed by atoms with Gasteiger partial charge in [-0.05, 0) is 117 Å². The summed E-state index contributed by atoms with van der Waals surface area (Å²) in [4.78, 5) is 30.5. The van der Waals surface area contributed by atoms with E-state index in [4.69, 9.17) is 33.5 Å².